The molecule has 1 aliphatic rings. The first-order valence-corrected chi connectivity index (χ1v) is 11.7. The van der Waals surface area contributed by atoms with Crippen LogP contribution in [-0.2, 0) is 16.8 Å². The molecule has 0 bridgehead atoms. The van der Waals surface area contributed by atoms with Gasteiger partial charge in [0.15, 0.2) is 11.5 Å². The minimum atomic E-state index is -0.738. The number of hydrogen-bond donors (Lipinski definition) is 1. The summed E-state index contributed by atoms with van der Waals surface area (Å²) < 4.78 is 5.80. The van der Waals surface area contributed by atoms with E-state index in [1.165, 1.54) is 0 Å². The molecule has 5 rings (SSSR count). The smallest absolute Gasteiger partial charge is 0.290 e. The summed E-state index contributed by atoms with van der Waals surface area (Å²) in [5.74, 6) is -1.50. The van der Waals surface area contributed by atoms with Crippen molar-refractivity contribution >= 4 is 22.7 Å². The van der Waals surface area contributed by atoms with Crippen LogP contribution in [0.25, 0.3) is 11.0 Å². The topological polar surface area (TPSA) is 70.7 Å². The van der Waals surface area contributed by atoms with E-state index in [0.29, 0.717) is 5.58 Å². The number of benzene rings is 3. The summed E-state index contributed by atoms with van der Waals surface area (Å²) in [7, 11) is 0. The second-order valence-corrected chi connectivity index (χ2v) is 9.93. The van der Waals surface area contributed by atoms with E-state index in [1.54, 1.807) is 17.0 Å². The van der Waals surface area contributed by atoms with E-state index in [1.807, 2.05) is 72.8 Å². The highest BCUT2D eigenvalue weighted by atomic mass is 16.3. The fourth-order valence-corrected chi connectivity index (χ4v) is 4.57. The molecule has 176 valence electrons. The van der Waals surface area contributed by atoms with Gasteiger partial charge in [0.25, 0.3) is 5.91 Å². The van der Waals surface area contributed by atoms with Crippen LogP contribution in [0.4, 0.5) is 0 Å². The maximum absolute atomic E-state index is 13.7. The molecular weight excluding hydrogens is 438 g/mol. The van der Waals surface area contributed by atoms with Crippen LogP contribution < -0.4 is 0 Å². The number of para-hydroxylation sites is 1. The molecule has 5 nitrogen and oxygen atoms in total. The summed E-state index contributed by atoms with van der Waals surface area (Å²) in [5.41, 5.74) is 3.37. The molecule has 0 fully saturated rings. The molecular formula is C30H27NO4. The Kier molecular flexibility index (Phi) is 5.56. The third kappa shape index (κ3) is 4.14. The first-order valence-electron chi connectivity index (χ1n) is 11.7. The lowest BCUT2D eigenvalue weighted by atomic mass is 9.85. The second-order valence-electron chi connectivity index (χ2n) is 9.93. The fraction of sp³-hybridized carbons (Fsp3) is 0.200. The van der Waals surface area contributed by atoms with Crippen LogP contribution in [-0.4, -0.2) is 21.7 Å². The van der Waals surface area contributed by atoms with Gasteiger partial charge in [0, 0.05) is 11.9 Å². The van der Waals surface area contributed by atoms with Gasteiger partial charge in [-0.3, -0.25) is 9.59 Å². The SMILES string of the molecule is CC(C)(C)c1ccc([C@H]2C(C(=O)c3cc4ccccc4o3)=C(O)C(=O)N2Cc2ccccc2)cc1. The van der Waals surface area contributed by atoms with Gasteiger partial charge in [-0.25, -0.2) is 0 Å². The molecule has 1 N–H and O–H groups in total. The Morgan fingerprint density at radius 3 is 2.26 bits per heavy atom. The lowest BCUT2D eigenvalue weighted by Gasteiger charge is -2.27. The van der Waals surface area contributed by atoms with Crippen LogP contribution in [0.15, 0.2) is 101 Å². The number of amides is 1. The van der Waals surface area contributed by atoms with Crippen molar-refractivity contribution in [1.29, 1.82) is 0 Å². The zero-order valence-electron chi connectivity index (χ0n) is 20.0. The summed E-state index contributed by atoms with van der Waals surface area (Å²) in [4.78, 5) is 28.5. The number of nitrogens with zero attached hydrogens (tertiary/aromatic N) is 1. The Morgan fingerprint density at radius 2 is 1.60 bits per heavy atom. The Balaban J connectivity index is 1.60. The van der Waals surface area contributed by atoms with E-state index in [-0.39, 0.29) is 23.3 Å². The van der Waals surface area contributed by atoms with Gasteiger partial charge in [0.05, 0.1) is 11.6 Å². The standard InChI is InChI=1S/C30H27NO4/c1-30(2,3)22-15-13-20(14-16-22)26-25(27(32)24-17-21-11-7-8-12-23(21)35-24)28(33)29(34)31(26)18-19-9-5-4-6-10-19/h4-17,26,33H,18H2,1-3H3/t26-/m0/s1. The van der Waals surface area contributed by atoms with E-state index in [9.17, 15) is 14.7 Å². The number of furan rings is 1. The first-order chi connectivity index (χ1) is 16.7. The van der Waals surface area contributed by atoms with Gasteiger partial charge in [0.1, 0.15) is 5.58 Å². The van der Waals surface area contributed by atoms with Crippen molar-refractivity contribution in [2.45, 2.75) is 38.8 Å². The summed E-state index contributed by atoms with van der Waals surface area (Å²) in [6, 6.07) is 25.7. The van der Waals surface area contributed by atoms with E-state index in [0.717, 1.165) is 22.1 Å². The van der Waals surface area contributed by atoms with Gasteiger partial charge in [0.2, 0.25) is 5.78 Å². The van der Waals surface area contributed by atoms with Gasteiger partial charge >= 0.3 is 0 Å². The number of rotatable bonds is 5. The van der Waals surface area contributed by atoms with Crippen LogP contribution in [0.2, 0.25) is 0 Å². The molecule has 0 unspecified atom stereocenters. The quantitative estimate of drug-likeness (QED) is 0.341. The van der Waals surface area contributed by atoms with Gasteiger partial charge in [-0.05, 0) is 34.2 Å². The summed E-state index contributed by atoms with van der Waals surface area (Å²) >= 11 is 0. The van der Waals surface area contributed by atoms with Crippen molar-refractivity contribution in [1.82, 2.24) is 4.90 Å². The molecule has 35 heavy (non-hydrogen) atoms. The number of aliphatic hydroxyl groups is 1. The third-order valence-electron chi connectivity index (χ3n) is 6.49. The zero-order chi connectivity index (χ0) is 24.7. The van der Waals surface area contributed by atoms with Gasteiger partial charge in [-0.1, -0.05) is 93.6 Å². The highest BCUT2D eigenvalue weighted by Gasteiger charge is 2.44. The van der Waals surface area contributed by atoms with Crippen LogP contribution in [0.5, 0.6) is 0 Å². The van der Waals surface area contributed by atoms with Crippen molar-refractivity contribution < 1.29 is 19.1 Å². The van der Waals surface area contributed by atoms with Crippen molar-refractivity contribution in [2.24, 2.45) is 0 Å². The zero-order valence-corrected chi connectivity index (χ0v) is 20.0. The van der Waals surface area contributed by atoms with Gasteiger partial charge in [-0.15, -0.1) is 0 Å². The lowest BCUT2D eigenvalue weighted by Crippen LogP contribution is -2.30. The molecule has 1 aliphatic heterocycles. The van der Waals surface area contributed by atoms with E-state index in [4.69, 9.17) is 4.42 Å². The van der Waals surface area contributed by atoms with Crippen molar-refractivity contribution in [2.75, 3.05) is 0 Å². The lowest BCUT2D eigenvalue weighted by molar-refractivity contribution is -0.130. The molecule has 0 saturated heterocycles. The Hall–Kier alpha value is -4.12. The Labute approximate surface area is 204 Å². The number of aliphatic hydroxyl groups excluding tert-OH is 1. The predicted molar refractivity (Wildman–Crippen MR) is 135 cm³/mol. The maximum atomic E-state index is 13.7. The molecule has 3 aromatic carbocycles. The normalized spacial score (nSPS) is 16.4. The van der Waals surface area contributed by atoms with Crippen molar-refractivity contribution in [3.05, 3.63) is 119 Å². The van der Waals surface area contributed by atoms with E-state index >= 15 is 0 Å². The molecule has 1 atom stereocenters. The molecule has 0 spiro atoms. The number of fused-ring (bicyclic) bond motifs is 1. The highest BCUT2D eigenvalue weighted by Crippen LogP contribution is 2.41. The first kappa shape index (κ1) is 22.7. The monoisotopic (exact) mass is 465 g/mol. The number of ketones is 1. The van der Waals surface area contributed by atoms with Crippen molar-refractivity contribution in [3.8, 4) is 0 Å². The van der Waals surface area contributed by atoms with Crippen LogP contribution >= 0.6 is 0 Å². The largest absolute Gasteiger partial charge is 0.503 e. The maximum Gasteiger partial charge on any atom is 0.290 e. The van der Waals surface area contributed by atoms with Crippen LogP contribution in [0.1, 0.15) is 54.1 Å². The average molecular weight is 466 g/mol. The van der Waals surface area contributed by atoms with Gasteiger partial charge in [-0.2, -0.15) is 0 Å². The number of carbonyl (C=O) groups excluding carboxylic acids is 2. The molecule has 2 heterocycles. The Morgan fingerprint density at radius 1 is 0.943 bits per heavy atom. The third-order valence-corrected chi connectivity index (χ3v) is 6.49. The summed E-state index contributed by atoms with van der Waals surface area (Å²) in [5, 5.41) is 11.7. The minimum absolute atomic E-state index is 0.0356. The molecule has 4 aromatic rings. The molecule has 1 aromatic heterocycles. The van der Waals surface area contributed by atoms with E-state index < -0.39 is 23.5 Å². The highest BCUT2D eigenvalue weighted by molar-refractivity contribution is 6.16. The molecule has 0 aliphatic carbocycles. The second kappa shape index (κ2) is 8.58. The van der Waals surface area contributed by atoms with Crippen LogP contribution in [0, 0.1) is 0 Å². The number of carbonyl (C=O) groups is 2. The molecule has 5 heteroatoms. The molecule has 0 radical (unpaired) electrons. The van der Waals surface area contributed by atoms with Crippen LogP contribution in [0.3, 0.4) is 0 Å². The Bertz CT molecular complexity index is 1410. The summed E-state index contributed by atoms with van der Waals surface area (Å²) in [6.07, 6.45) is 0. The number of Topliss-reactive ketones (excluding diaryl/α,β-unsaturated/α-hetero) is 1. The molecule has 0 saturated carbocycles. The van der Waals surface area contributed by atoms with Gasteiger partial charge < -0.3 is 14.4 Å². The van der Waals surface area contributed by atoms with E-state index in [2.05, 4.69) is 20.8 Å². The number of hydrogen-bond acceptors (Lipinski definition) is 4. The minimum Gasteiger partial charge on any atom is -0.503 e. The molecule has 1 amide bonds. The fourth-order valence-electron chi connectivity index (χ4n) is 4.57. The van der Waals surface area contributed by atoms with Crippen molar-refractivity contribution in [3.63, 3.8) is 0 Å². The average Bonchev–Trinajstić information content (AvgIpc) is 3.39. The predicted octanol–water partition coefficient (Wildman–Crippen LogP) is 6.51. The summed E-state index contributed by atoms with van der Waals surface area (Å²) in [6.45, 7) is 6.65.